The Labute approximate surface area is 201 Å². The molecule has 0 aromatic heterocycles. The van der Waals surface area contributed by atoms with Gasteiger partial charge in [0.2, 0.25) is 0 Å². The number of carbonyl (C=O) groups excluding carboxylic acids is 2. The molecule has 0 rings (SSSR count). The summed E-state index contributed by atoms with van der Waals surface area (Å²) in [7, 11) is -4.24. The fraction of sp³-hybridized carbons (Fsp3) is 0.882. The molecule has 0 bridgehead atoms. The molecule has 1 unspecified atom stereocenters. The van der Waals surface area contributed by atoms with Crippen molar-refractivity contribution < 1.29 is 84.5 Å². The van der Waals surface area contributed by atoms with Crippen molar-refractivity contribution in [3.8, 4) is 0 Å². The van der Waals surface area contributed by atoms with Gasteiger partial charge in [-0.1, -0.05) is 46.5 Å². The molecule has 0 aliphatic heterocycles. The van der Waals surface area contributed by atoms with Crippen LogP contribution in [-0.4, -0.2) is 45.4 Å². The van der Waals surface area contributed by atoms with Gasteiger partial charge >= 0.3 is 63.3 Å². The van der Waals surface area contributed by atoms with Gasteiger partial charge in [0, 0.05) is 0 Å². The maximum Gasteiger partial charge on any atom is 1.00 e. The zero-order valence-electron chi connectivity index (χ0n) is 17.6. The Hall–Kier alpha value is 0.486. The fourth-order valence-corrected chi connectivity index (χ4v) is 3.15. The number of esters is 2. The van der Waals surface area contributed by atoms with Gasteiger partial charge in [0.25, 0.3) is 10.1 Å². The molecule has 0 spiro atoms. The Bertz CT molecular complexity index is 486. The van der Waals surface area contributed by atoms with Crippen LogP contribution in [0, 0.1) is 0 Å². The van der Waals surface area contributed by atoms with E-state index >= 15 is 0 Å². The minimum atomic E-state index is -4.24. The first-order valence-electron chi connectivity index (χ1n) is 9.09. The van der Waals surface area contributed by atoms with Gasteiger partial charge in [-0.15, -0.1) is 0 Å². The first kappa shape index (κ1) is 28.7. The van der Waals surface area contributed by atoms with Crippen molar-refractivity contribution in [2.24, 2.45) is 0 Å². The Morgan fingerprint density at radius 2 is 1.42 bits per heavy atom. The van der Waals surface area contributed by atoms with E-state index in [9.17, 15) is 18.0 Å². The Balaban J connectivity index is -0.00000288. The van der Waals surface area contributed by atoms with Crippen LogP contribution in [0.2, 0.25) is 0 Å². The maximum absolute atomic E-state index is 12.3. The summed E-state index contributed by atoms with van der Waals surface area (Å²) in [6, 6.07) is 0. The molecular formula is C17H33KO7S. The zero-order chi connectivity index (χ0) is 19.1. The van der Waals surface area contributed by atoms with Crippen molar-refractivity contribution in [3.05, 3.63) is 0 Å². The number of carbonyl (C=O) groups is 2. The third-order valence-corrected chi connectivity index (χ3v) is 4.93. The molecule has 7 nitrogen and oxygen atoms in total. The van der Waals surface area contributed by atoms with Crippen LogP contribution in [0.15, 0.2) is 0 Å². The largest absolute Gasteiger partial charge is 1.00 e. The molecule has 0 aliphatic carbocycles. The maximum atomic E-state index is 12.3. The van der Waals surface area contributed by atoms with Crippen LogP contribution in [0.25, 0.3) is 0 Å². The smallest absolute Gasteiger partial charge is 1.00 e. The molecule has 0 aromatic rings. The van der Waals surface area contributed by atoms with Crippen LogP contribution in [0.4, 0.5) is 0 Å². The van der Waals surface area contributed by atoms with Gasteiger partial charge in [0.05, 0.1) is 26.2 Å². The minimum Gasteiger partial charge on any atom is -1.00 e. The molecule has 0 radical (unpaired) electrons. The number of ether oxygens (including phenoxy) is 2. The van der Waals surface area contributed by atoms with Crippen molar-refractivity contribution in [2.45, 2.75) is 77.4 Å². The monoisotopic (exact) mass is 420 g/mol. The number of rotatable bonds is 15. The van der Waals surface area contributed by atoms with E-state index in [2.05, 4.69) is 6.92 Å². The summed E-state index contributed by atoms with van der Waals surface area (Å²) in [6.07, 6.45) is 5.18. The second-order valence-electron chi connectivity index (χ2n) is 5.81. The van der Waals surface area contributed by atoms with E-state index in [0.717, 1.165) is 25.7 Å². The van der Waals surface area contributed by atoms with Crippen molar-refractivity contribution in [1.29, 1.82) is 0 Å². The van der Waals surface area contributed by atoms with E-state index in [0.29, 0.717) is 19.3 Å². The van der Waals surface area contributed by atoms with Crippen LogP contribution < -0.4 is 51.4 Å². The quantitative estimate of drug-likeness (QED) is 0.160. The summed E-state index contributed by atoms with van der Waals surface area (Å²) in [4.78, 5) is 23.8. The standard InChI is InChI=1S/C17H32O7S.K.H/c1-4-7-8-9-10-13-24-25(20,21)15(17(19)23-12-6-3)14-16(18)22-11-5-2;;/h15H,4-14H2,1-3H3;;/q;+1;-1. The topological polar surface area (TPSA) is 96.0 Å². The third kappa shape index (κ3) is 13.6. The first-order valence-corrected chi connectivity index (χ1v) is 10.6. The number of hydrogen-bond donors (Lipinski definition) is 0. The molecule has 0 saturated heterocycles. The SMILES string of the molecule is CCCCCCCOS(=O)(=O)C(CC(=O)OCCC)C(=O)OCCC.[H-].[K+]. The van der Waals surface area contributed by atoms with Gasteiger partial charge in [-0.25, -0.2) is 0 Å². The fourth-order valence-electron chi connectivity index (χ4n) is 1.99. The van der Waals surface area contributed by atoms with Crippen LogP contribution in [-0.2, 0) is 33.4 Å². The summed E-state index contributed by atoms with van der Waals surface area (Å²) in [5.74, 6) is -1.73. The predicted molar refractivity (Wildman–Crippen MR) is 95.6 cm³/mol. The zero-order valence-corrected chi connectivity index (χ0v) is 20.6. The summed E-state index contributed by atoms with van der Waals surface area (Å²) < 4.78 is 39.3. The van der Waals surface area contributed by atoms with Gasteiger partial charge in [-0.05, 0) is 19.3 Å². The molecule has 0 heterocycles. The van der Waals surface area contributed by atoms with Crippen molar-refractivity contribution in [2.75, 3.05) is 19.8 Å². The second-order valence-corrected chi connectivity index (χ2v) is 7.60. The molecule has 0 N–H and O–H groups in total. The van der Waals surface area contributed by atoms with Crippen LogP contribution in [0.1, 0.15) is 73.6 Å². The molecule has 0 aromatic carbocycles. The Kier molecular flexibility index (Phi) is 19.4. The van der Waals surface area contributed by atoms with Crippen LogP contribution >= 0.6 is 0 Å². The number of unbranched alkanes of at least 4 members (excludes halogenated alkanes) is 4. The van der Waals surface area contributed by atoms with Gasteiger partial charge in [0.1, 0.15) is 0 Å². The van der Waals surface area contributed by atoms with E-state index < -0.39 is 33.7 Å². The molecule has 0 fully saturated rings. The molecular weight excluding hydrogens is 387 g/mol. The number of hydrogen-bond acceptors (Lipinski definition) is 7. The van der Waals surface area contributed by atoms with E-state index in [1.165, 1.54) is 0 Å². The normalized spacial score (nSPS) is 12.1. The average molecular weight is 421 g/mol. The second kappa shape index (κ2) is 17.6. The van der Waals surface area contributed by atoms with Gasteiger partial charge in [-0.2, -0.15) is 8.42 Å². The first-order chi connectivity index (χ1) is 11.9. The van der Waals surface area contributed by atoms with Gasteiger partial charge in [-0.3, -0.25) is 13.8 Å². The van der Waals surface area contributed by atoms with Crippen molar-refractivity contribution >= 4 is 22.1 Å². The van der Waals surface area contributed by atoms with Gasteiger partial charge < -0.3 is 10.9 Å². The Morgan fingerprint density at radius 3 is 2.00 bits per heavy atom. The van der Waals surface area contributed by atoms with E-state index in [1.54, 1.807) is 6.92 Å². The Morgan fingerprint density at radius 1 is 0.846 bits per heavy atom. The molecule has 0 aliphatic rings. The van der Waals surface area contributed by atoms with E-state index in [4.69, 9.17) is 13.7 Å². The molecule has 150 valence electrons. The molecule has 26 heavy (non-hydrogen) atoms. The summed E-state index contributed by atoms with van der Waals surface area (Å²) in [5.41, 5.74) is 0. The summed E-state index contributed by atoms with van der Waals surface area (Å²) >= 11 is 0. The summed E-state index contributed by atoms with van der Waals surface area (Å²) in [5, 5.41) is -1.68. The molecule has 0 saturated carbocycles. The van der Waals surface area contributed by atoms with Crippen molar-refractivity contribution in [3.63, 3.8) is 0 Å². The van der Waals surface area contributed by atoms with E-state index in [1.807, 2.05) is 6.92 Å². The minimum absolute atomic E-state index is 0. The van der Waals surface area contributed by atoms with E-state index in [-0.39, 0.29) is 72.6 Å². The summed E-state index contributed by atoms with van der Waals surface area (Å²) in [6.45, 7) is 5.95. The van der Waals surface area contributed by atoms with Crippen LogP contribution in [0.5, 0.6) is 0 Å². The van der Waals surface area contributed by atoms with Crippen molar-refractivity contribution in [1.82, 2.24) is 0 Å². The predicted octanol–water partition coefficient (Wildman–Crippen LogP) is 0.0848. The van der Waals surface area contributed by atoms with Gasteiger partial charge in [0.15, 0.2) is 5.25 Å². The molecule has 9 heteroatoms. The van der Waals surface area contributed by atoms with Crippen LogP contribution in [0.3, 0.4) is 0 Å². The molecule has 1 atom stereocenters. The average Bonchev–Trinajstić information content (AvgIpc) is 2.58. The molecule has 0 amide bonds. The third-order valence-electron chi connectivity index (χ3n) is 3.37.